The molecule has 1 fully saturated rings. The molecule has 0 aliphatic heterocycles. The van der Waals surface area contributed by atoms with Crippen molar-refractivity contribution in [1.82, 2.24) is 19.1 Å². The van der Waals surface area contributed by atoms with Crippen molar-refractivity contribution < 1.29 is 17.2 Å². The van der Waals surface area contributed by atoms with Crippen molar-refractivity contribution in [3.63, 3.8) is 0 Å². The van der Waals surface area contributed by atoms with Crippen LogP contribution in [-0.4, -0.2) is 47.5 Å². The van der Waals surface area contributed by atoms with Crippen molar-refractivity contribution in [2.75, 3.05) is 19.4 Å². The van der Waals surface area contributed by atoms with E-state index in [0.29, 0.717) is 11.2 Å². The van der Waals surface area contributed by atoms with E-state index in [0.717, 1.165) is 4.31 Å². The number of nitrogens with zero attached hydrogens (tertiary/aromatic N) is 4. The standard InChI is InChI=1S/C20H20F2N6O3S/c1-27(2)32(30,31)13-5-3-12(4-6-13)25-18-17-16(8-10-24-19(17)29)28(26-18)15(7-9-23)14-11-20(14,21)22/h3-6,8,10,14-15H,7,11H2,1-2H3,(H,24,29)(H,25,26)/t14-,15?/m1/s1. The van der Waals surface area contributed by atoms with Gasteiger partial charge >= 0.3 is 0 Å². The summed E-state index contributed by atoms with van der Waals surface area (Å²) in [6, 6.07) is 8.44. The van der Waals surface area contributed by atoms with Gasteiger partial charge in [0, 0.05) is 32.4 Å². The highest BCUT2D eigenvalue weighted by molar-refractivity contribution is 7.89. The van der Waals surface area contributed by atoms with Crippen molar-refractivity contribution in [2.24, 2.45) is 5.92 Å². The van der Waals surface area contributed by atoms with E-state index in [9.17, 15) is 27.3 Å². The van der Waals surface area contributed by atoms with Crippen LogP contribution in [0.15, 0.2) is 46.2 Å². The highest BCUT2D eigenvalue weighted by Gasteiger charge is 2.61. The van der Waals surface area contributed by atoms with Crippen molar-refractivity contribution in [1.29, 1.82) is 5.26 Å². The van der Waals surface area contributed by atoms with Crippen molar-refractivity contribution in [2.45, 2.75) is 29.7 Å². The van der Waals surface area contributed by atoms with Gasteiger partial charge in [0.05, 0.1) is 34.9 Å². The van der Waals surface area contributed by atoms with E-state index in [1.54, 1.807) is 6.07 Å². The van der Waals surface area contributed by atoms with Crippen molar-refractivity contribution in [3.8, 4) is 6.07 Å². The largest absolute Gasteiger partial charge is 0.338 e. The van der Waals surface area contributed by atoms with Gasteiger partial charge in [-0.1, -0.05) is 0 Å². The number of aromatic amines is 1. The van der Waals surface area contributed by atoms with Crippen molar-refractivity contribution >= 4 is 32.4 Å². The second kappa shape index (κ2) is 7.68. The first-order valence-corrected chi connectivity index (χ1v) is 11.1. The smallest absolute Gasteiger partial charge is 0.261 e. The van der Waals surface area contributed by atoms with Crippen LogP contribution in [0.4, 0.5) is 20.3 Å². The molecule has 1 aliphatic rings. The second-order valence-electron chi connectivity index (χ2n) is 7.80. The minimum absolute atomic E-state index is 0.0892. The Kier molecular flexibility index (Phi) is 5.26. The Hall–Kier alpha value is -3.30. The molecule has 2 atom stereocenters. The molecule has 0 amide bonds. The number of pyridine rings is 1. The topological polar surface area (TPSA) is 124 Å². The molecular weight excluding hydrogens is 442 g/mol. The number of hydrogen-bond donors (Lipinski definition) is 2. The summed E-state index contributed by atoms with van der Waals surface area (Å²) >= 11 is 0. The predicted molar refractivity (Wildman–Crippen MR) is 113 cm³/mol. The molecule has 3 aromatic rings. The lowest BCUT2D eigenvalue weighted by molar-refractivity contribution is 0.0853. The summed E-state index contributed by atoms with van der Waals surface area (Å²) < 4.78 is 54.5. The number of nitrogens with one attached hydrogen (secondary N) is 2. The van der Waals surface area contributed by atoms with Crippen LogP contribution in [-0.2, 0) is 10.0 Å². The highest BCUT2D eigenvalue weighted by atomic mass is 32.2. The summed E-state index contributed by atoms with van der Waals surface area (Å²) in [5, 5.41) is 16.7. The molecule has 2 N–H and O–H groups in total. The number of alkyl halides is 2. The average Bonchev–Trinajstić information content (AvgIpc) is 3.21. The van der Waals surface area contributed by atoms with E-state index in [1.807, 2.05) is 6.07 Å². The van der Waals surface area contributed by atoms with E-state index in [4.69, 9.17) is 0 Å². The zero-order valence-electron chi connectivity index (χ0n) is 17.2. The highest BCUT2D eigenvalue weighted by Crippen LogP contribution is 2.55. The Bertz CT molecular complexity index is 1370. The third kappa shape index (κ3) is 3.74. The molecule has 4 rings (SSSR count). The molecule has 1 unspecified atom stereocenters. The molecule has 0 bridgehead atoms. The Morgan fingerprint density at radius 3 is 2.56 bits per heavy atom. The van der Waals surface area contributed by atoms with Crippen LogP contribution >= 0.6 is 0 Å². The third-order valence-electron chi connectivity index (χ3n) is 5.48. The first kappa shape index (κ1) is 21.9. The molecule has 2 aromatic heterocycles. The van der Waals surface area contributed by atoms with Gasteiger partial charge in [-0.15, -0.1) is 0 Å². The van der Waals surface area contributed by atoms with Gasteiger partial charge in [-0.2, -0.15) is 10.4 Å². The number of fused-ring (bicyclic) bond motifs is 1. The number of hydrogen-bond acceptors (Lipinski definition) is 6. The van der Waals surface area contributed by atoms with Crippen LogP contribution in [0, 0.1) is 17.2 Å². The lowest BCUT2D eigenvalue weighted by atomic mass is 10.1. The summed E-state index contributed by atoms with van der Waals surface area (Å²) in [5.74, 6) is -3.78. The molecule has 0 radical (unpaired) electrons. The number of nitriles is 1. The molecular formula is C20H20F2N6O3S. The zero-order valence-corrected chi connectivity index (χ0v) is 18.0. The van der Waals surface area contributed by atoms with Crippen LogP contribution in [0.2, 0.25) is 0 Å². The minimum Gasteiger partial charge on any atom is -0.338 e. The van der Waals surface area contributed by atoms with Gasteiger partial charge in [-0.25, -0.2) is 21.5 Å². The summed E-state index contributed by atoms with van der Waals surface area (Å²) in [6.07, 6.45) is 0.872. The predicted octanol–water partition coefficient (Wildman–Crippen LogP) is 2.83. The van der Waals surface area contributed by atoms with E-state index in [1.165, 1.54) is 49.2 Å². The lowest BCUT2D eigenvalue weighted by Gasteiger charge is -2.15. The average molecular weight is 462 g/mol. The van der Waals surface area contributed by atoms with Gasteiger partial charge in [-0.3, -0.25) is 9.48 Å². The molecule has 2 heterocycles. The summed E-state index contributed by atoms with van der Waals surface area (Å²) in [5.41, 5.74) is 0.304. The summed E-state index contributed by atoms with van der Waals surface area (Å²) in [4.78, 5) is 15.1. The zero-order chi connectivity index (χ0) is 23.3. The Morgan fingerprint density at radius 1 is 1.34 bits per heavy atom. The van der Waals surface area contributed by atoms with Crippen LogP contribution < -0.4 is 10.9 Å². The number of anilines is 2. The number of sulfonamides is 1. The third-order valence-corrected chi connectivity index (χ3v) is 7.31. The molecule has 168 valence electrons. The SMILES string of the molecule is CN(C)S(=O)(=O)c1ccc(Nc2nn(C(CC#N)[C@H]3CC3(F)F)c3cc[nH]c(=O)c23)cc1. The van der Waals surface area contributed by atoms with Gasteiger partial charge in [0.25, 0.3) is 11.5 Å². The monoisotopic (exact) mass is 462 g/mol. The minimum atomic E-state index is -3.61. The molecule has 1 aromatic carbocycles. The van der Waals surface area contributed by atoms with Crippen LogP contribution in [0.25, 0.3) is 10.9 Å². The number of aromatic nitrogens is 3. The van der Waals surface area contributed by atoms with E-state index < -0.39 is 33.5 Å². The fourth-order valence-corrected chi connectivity index (χ4v) is 4.54. The number of benzene rings is 1. The first-order chi connectivity index (χ1) is 15.1. The molecule has 0 saturated heterocycles. The maximum atomic E-state index is 13.8. The fraction of sp³-hybridized carbons (Fsp3) is 0.350. The summed E-state index contributed by atoms with van der Waals surface area (Å²) in [7, 11) is -0.757. The quantitative estimate of drug-likeness (QED) is 0.557. The Morgan fingerprint density at radius 2 is 2.00 bits per heavy atom. The van der Waals surface area contributed by atoms with Crippen LogP contribution in [0.5, 0.6) is 0 Å². The van der Waals surface area contributed by atoms with Crippen LogP contribution in [0.1, 0.15) is 18.9 Å². The van der Waals surface area contributed by atoms with Crippen LogP contribution in [0.3, 0.4) is 0 Å². The van der Waals surface area contributed by atoms with E-state index >= 15 is 0 Å². The molecule has 1 aliphatic carbocycles. The molecule has 12 heteroatoms. The fourth-order valence-electron chi connectivity index (χ4n) is 3.64. The van der Waals surface area contributed by atoms with Gasteiger partial charge in [0.15, 0.2) is 5.82 Å². The lowest BCUT2D eigenvalue weighted by Crippen LogP contribution is -2.22. The van der Waals surface area contributed by atoms with E-state index in [-0.39, 0.29) is 28.9 Å². The normalized spacial score (nSPS) is 18.4. The van der Waals surface area contributed by atoms with E-state index in [2.05, 4.69) is 15.4 Å². The first-order valence-electron chi connectivity index (χ1n) is 9.70. The van der Waals surface area contributed by atoms with Gasteiger partial charge in [-0.05, 0) is 30.3 Å². The summed E-state index contributed by atoms with van der Waals surface area (Å²) in [6.45, 7) is 0. The maximum Gasteiger partial charge on any atom is 0.261 e. The number of rotatable bonds is 7. The van der Waals surface area contributed by atoms with Gasteiger partial charge in [0.1, 0.15) is 5.39 Å². The Balaban J connectivity index is 1.74. The van der Waals surface area contributed by atoms with Crippen molar-refractivity contribution in [3.05, 3.63) is 46.9 Å². The molecule has 32 heavy (non-hydrogen) atoms. The maximum absolute atomic E-state index is 13.8. The molecule has 9 nitrogen and oxygen atoms in total. The number of halogens is 2. The van der Waals surface area contributed by atoms with Gasteiger partial charge in [0.2, 0.25) is 10.0 Å². The Labute approximate surface area is 182 Å². The molecule has 1 saturated carbocycles. The number of H-pyrrole nitrogens is 1. The molecule has 0 spiro atoms. The second-order valence-corrected chi connectivity index (χ2v) is 9.95. The van der Waals surface area contributed by atoms with Gasteiger partial charge < -0.3 is 10.3 Å².